The summed E-state index contributed by atoms with van der Waals surface area (Å²) < 4.78 is 5.51. The van der Waals surface area contributed by atoms with Crippen LogP contribution < -0.4 is 4.74 Å². The zero-order valence-electron chi connectivity index (χ0n) is 18.0. The summed E-state index contributed by atoms with van der Waals surface area (Å²) in [7, 11) is 0. The van der Waals surface area contributed by atoms with Gasteiger partial charge < -0.3 is 14.5 Å². The highest BCUT2D eigenvalue weighted by molar-refractivity contribution is 5.82. The van der Waals surface area contributed by atoms with Crippen LogP contribution in [0.25, 0.3) is 0 Å². The van der Waals surface area contributed by atoms with Crippen LogP contribution in [-0.4, -0.2) is 96.4 Å². The summed E-state index contributed by atoms with van der Waals surface area (Å²) in [6, 6.07) is 8.21. The maximum Gasteiger partial charge on any atom is 0.239 e. The zero-order chi connectivity index (χ0) is 20.8. The van der Waals surface area contributed by atoms with Gasteiger partial charge >= 0.3 is 0 Å². The first-order valence-corrected chi connectivity index (χ1v) is 10.7. The van der Waals surface area contributed by atoms with Crippen molar-refractivity contribution >= 4 is 11.8 Å². The summed E-state index contributed by atoms with van der Waals surface area (Å²) in [5, 5.41) is 0. The van der Waals surface area contributed by atoms with Gasteiger partial charge in [0.05, 0.1) is 12.6 Å². The number of piperazine rings is 2. The van der Waals surface area contributed by atoms with Gasteiger partial charge in [-0.25, -0.2) is 0 Å². The van der Waals surface area contributed by atoms with Crippen LogP contribution in [0, 0.1) is 0 Å². The molecule has 7 heteroatoms. The Kier molecular flexibility index (Phi) is 7.50. The number of carbonyl (C=O) groups is 2. The lowest BCUT2D eigenvalue weighted by Gasteiger charge is -2.41. The molecule has 1 aromatic rings. The monoisotopic (exact) mass is 402 g/mol. The molecule has 1 unspecified atom stereocenters. The van der Waals surface area contributed by atoms with E-state index in [1.807, 2.05) is 35.8 Å². The molecule has 3 rings (SSSR count). The molecule has 2 aliphatic heterocycles. The lowest BCUT2D eigenvalue weighted by molar-refractivity contribution is -0.142. The second-order valence-corrected chi connectivity index (χ2v) is 7.90. The van der Waals surface area contributed by atoms with Gasteiger partial charge in [-0.2, -0.15) is 0 Å². The van der Waals surface area contributed by atoms with Crippen LogP contribution in [0.4, 0.5) is 0 Å². The van der Waals surface area contributed by atoms with Gasteiger partial charge in [-0.1, -0.05) is 12.1 Å². The van der Waals surface area contributed by atoms with Gasteiger partial charge in [-0.3, -0.25) is 19.4 Å². The predicted octanol–water partition coefficient (Wildman–Crippen LogP) is 1.28. The van der Waals surface area contributed by atoms with Crippen molar-refractivity contribution in [2.45, 2.75) is 33.4 Å². The number of ether oxygens (including phenoxy) is 1. The molecular formula is C22H34N4O3. The van der Waals surface area contributed by atoms with Crippen molar-refractivity contribution in [1.29, 1.82) is 0 Å². The first-order valence-electron chi connectivity index (χ1n) is 10.7. The molecule has 0 aliphatic carbocycles. The normalized spacial score (nSPS) is 19.8. The van der Waals surface area contributed by atoms with Crippen LogP contribution in [0.15, 0.2) is 24.3 Å². The molecule has 1 aromatic carbocycles. The Bertz CT molecular complexity index is 678. The van der Waals surface area contributed by atoms with Gasteiger partial charge in [0.25, 0.3) is 0 Å². The van der Waals surface area contributed by atoms with Gasteiger partial charge in [0.15, 0.2) is 0 Å². The molecule has 160 valence electrons. The van der Waals surface area contributed by atoms with E-state index in [4.69, 9.17) is 4.74 Å². The van der Waals surface area contributed by atoms with Crippen LogP contribution in [0.5, 0.6) is 5.75 Å². The quantitative estimate of drug-likeness (QED) is 0.718. The highest BCUT2D eigenvalue weighted by Crippen LogP contribution is 2.16. The van der Waals surface area contributed by atoms with Gasteiger partial charge in [0.1, 0.15) is 5.75 Å². The fourth-order valence-corrected chi connectivity index (χ4v) is 4.09. The molecule has 2 saturated heterocycles. The summed E-state index contributed by atoms with van der Waals surface area (Å²) in [5.41, 5.74) is 1.29. The fraction of sp³-hybridized carbons (Fsp3) is 0.636. The number of benzene rings is 1. The lowest BCUT2D eigenvalue weighted by Crippen LogP contribution is -2.57. The Morgan fingerprint density at radius 2 is 1.52 bits per heavy atom. The van der Waals surface area contributed by atoms with E-state index >= 15 is 0 Å². The SMILES string of the molecule is CCOc1ccc(CN2CCN(C(C)C(=O)N3CCN(C(C)=O)CC3)CC2)cc1. The molecule has 1 atom stereocenters. The summed E-state index contributed by atoms with van der Waals surface area (Å²) in [6.07, 6.45) is 0. The lowest BCUT2D eigenvalue weighted by atomic mass is 10.1. The molecule has 0 N–H and O–H groups in total. The second kappa shape index (κ2) is 10.1. The van der Waals surface area contributed by atoms with Crippen molar-refractivity contribution in [1.82, 2.24) is 19.6 Å². The molecule has 0 bridgehead atoms. The van der Waals surface area contributed by atoms with E-state index in [0.29, 0.717) is 32.8 Å². The molecule has 2 amide bonds. The van der Waals surface area contributed by atoms with E-state index < -0.39 is 0 Å². The molecule has 0 spiro atoms. The Labute approximate surface area is 174 Å². The second-order valence-electron chi connectivity index (χ2n) is 7.90. The maximum atomic E-state index is 12.9. The minimum atomic E-state index is -0.105. The van der Waals surface area contributed by atoms with Crippen LogP contribution in [0.1, 0.15) is 26.3 Å². The smallest absolute Gasteiger partial charge is 0.239 e. The summed E-state index contributed by atoms with van der Waals surface area (Å²) in [6.45, 7) is 13.5. The third kappa shape index (κ3) is 5.70. The molecule has 7 nitrogen and oxygen atoms in total. The minimum Gasteiger partial charge on any atom is -0.494 e. The van der Waals surface area contributed by atoms with Crippen LogP contribution in [0.3, 0.4) is 0 Å². The van der Waals surface area contributed by atoms with Crippen molar-refractivity contribution in [2.24, 2.45) is 0 Å². The summed E-state index contributed by atoms with van der Waals surface area (Å²) in [4.78, 5) is 32.8. The van der Waals surface area contributed by atoms with E-state index in [1.165, 1.54) is 5.56 Å². The van der Waals surface area contributed by atoms with Crippen molar-refractivity contribution in [3.8, 4) is 5.75 Å². The Morgan fingerprint density at radius 3 is 2.07 bits per heavy atom. The van der Waals surface area contributed by atoms with Crippen LogP contribution in [-0.2, 0) is 16.1 Å². The number of amides is 2. The van der Waals surface area contributed by atoms with Crippen molar-refractivity contribution in [2.75, 3.05) is 59.0 Å². The highest BCUT2D eigenvalue weighted by atomic mass is 16.5. The molecule has 2 aliphatic rings. The summed E-state index contributed by atoms with van der Waals surface area (Å²) >= 11 is 0. The largest absolute Gasteiger partial charge is 0.494 e. The van der Waals surface area contributed by atoms with E-state index in [9.17, 15) is 9.59 Å². The van der Waals surface area contributed by atoms with Crippen LogP contribution >= 0.6 is 0 Å². The molecule has 0 radical (unpaired) electrons. The van der Waals surface area contributed by atoms with E-state index in [0.717, 1.165) is 38.5 Å². The first-order chi connectivity index (χ1) is 14.0. The van der Waals surface area contributed by atoms with E-state index in [-0.39, 0.29) is 17.9 Å². The van der Waals surface area contributed by atoms with E-state index in [2.05, 4.69) is 21.9 Å². The zero-order valence-corrected chi connectivity index (χ0v) is 18.0. The van der Waals surface area contributed by atoms with Gasteiger partial charge in [0, 0.05) is 65.8 Å². The topological polar surface area (TPSA) is 56.3 Å². The highest BCUT2D eigenvalue weighted by Gasteiger charge is 2.30. The molecule has 2 fully saturated rings. The van der Waals surface area contributed by atoms with Crippen LogP contribution in [0.2, 0.25) is 0 Å². The summed E-state index contributed by atoms with van der Waals surface area (Å²) in [5.74, 6) is 1.19. The van der Waals surface area contributed by atoms with Crippen molar-refractivity contribution < 1.29 is 14.3 Å². The Morgan fingerprint density at radius 1 is 0.931 bits per heavy atom. The Hall–Kier alpha value is -2.12. The number of hydrogen-bond acceptors (Lipinski definition) is 5. The van der Waals surface area contributed by atoms with Gasteiger partial charge in [0.2, 0.25) is 11.8 Å². The number of nitrogens with zero attached hydrogens (tertiary/aromatic N) is 4. The molecular weight excluding hydrogens is 368 g/mol. The molecule has 0 saturated carbocycles. The predicted molar refractivity (Wildman–Crippen MR) is 113 cm³/mol. The van der Waals surface area contributed by atoms with E-state index in [1.54, 1.807) is 6.92 Å². The standard InChI is InChI=1S/C22H34N4O3/c1-4-29-21-7-5-20(6-8-21)17-23-9-11-24(12-10-23)18(2)22(28)26-15-13-25(14-16-26)19(3)27/h5-8,18H,4,9-17H2,1-3H3. The van der Waals surface area contributed by atoms with Crippen molar-refractivity contribution in [3.63, 3.8) is 0 Å². The minimum absolute atomic E-state index is 0.0915. The number of hydrogen-bond donors (Lipinski definition) is 0. The third-order valence-electron chi connectivity index (χ3n) is 5.99. The average Bonchev–Trinajstić information content (AvgIpc) is 2.75. The third-order valence-corrected chi connectivity index (χ3v) is 5.99. The number of rotatable bonds is 6. The maximum absolute atomic E-state index is 12.9. The molecule has 29 heavy (non-hydrogen) atoms. The van der Waals surface area contributed by atoms with Crippen molar-refractivity contribution in [3.05, 3.63) is 29.8 Å². The number of carbonyl (C=O) groups excluding carboxylic acids is 2. The van der Waals surface area contributed by atoms with Gasteiger partial charge in [-0.05, 0) is 31.5 Å². The fourth-order valence-electron chi connectivity index (χ4n) is 4.09. The Balaban J connectivity index is 1.43. The molecule has 0 aromatic heterocycles. The molecule has 2 heterocycles. The first kappa shape index (κ1) is 21.6. The average molecular weight is 403 g/mol. The van der Waals surface area contributed by atoms with Gasteiger partial charge in [-0.15, -0.1) is 0 Å².